The summed E-state index contributed by atoms with van der Waals surface area (Å²) in [7, 11) is -3.65. The van der Waals surface area contributed by atoms with Crippen molar-refractivity contribution in [3.8, 4) is 0 Å². The van der Waals surface area contributed by atoms with Crippen LogP contribution < -0.4 is 10.0 Å². The van der Waals surface area contributed by atoms with Crippen LogP contribution in [0.1, 0.15) is 18.4 Å². The monoisotopic (exact) mass is 296 g/mol. The minimum absolute atomic E-state index is 0.0290. The average molecular weight is 296 g/mol. The normalized spacial score (nSPS) is 19.6. The molecule has 1 atom stereocenters. The van der Waals surface area contributed by atoms with E-state index in [-0.39, 0.29) is 29.7 Å². The third-order valence-corrected chi connectivity index (χ3v) is 5.08. The summed E-state index contributed by atoms with van der Waals surface area (Å²) in [6, 6.07) is 4.54. The molecule has 6 nitrogen and oxygen atoms in total. The van der Waals surface area contributed by atoms with E-state index in [1.165, 1.54) is 12.1 Å². The summed E-state index contributed by atoms with van der Waals surface area (Å²) >= 11 is 0. The summed E-state index contributed by atoms with van der Waals surface area (Å²) in [5.74, 6) is 0.0891. The molecule has 0 spiro atoms. The van der Waals surface area contributed by atoms with Gasteiger partial charge in [0.15, 0.2) is 0 Å². The summed E-state index contributed by atoms with van der Waals surface area (Å²) in [6.45, 7) is 0.0290. The van der Waals surface area contributed by atoms with Crippen LogP contribution in [-0.4, -0.2) is 32.1 Å². The van der Waals surface area contributed by atoms with Crippen molar-refractivity contribution in [3.05, 3.63) is 23.8 Å². The third-order valence-electron chi connectivity index (χ3n) is 3.66. The van der Waals surface area contributed by atoms with Crippen LogP contribution in [0.15, 0.2) is 23.1 Å². The first-order valence-electron chi connectivity index (χ1n) is 6.56. The lowest BCUT2D eigenvalue weighted by Crippen LogP contribution is -2.33. The molecule has 1 heterocycles. The number of benzene rings is 1. The Bertz CT molecular complexity index is 652. The minimum Gasteiger partial charge on any atom is -0.391 e. The molecule has 2 aliphatic rings. The number of carbonyl (C=O) groups is 1. The number of fused-ring (bicyclic) bond motifs is 1. The van der Waals surface area contributed by atoms with Crippen molar-refractivity contribution in [2.75, 3.05) is 11.9 Å². The maximum atomic E-state index is 12.1. The van der Waals surface area contributed by atoms with Gasteiger partial charge in [-0.1, -0.05) is 0 Å². The quantitative estimate of drug-likeness (QED) is 0.725. The van der Waals surface area contributed by atoms with Gasteiger partial charge in [-0.05, 0) is 42.5 Å². The fourth-order valence-corrected chi connectivity index (χ4v) is 3.40. The van der Waals surface area contributed by atoms with Gasteiger partial charge >= 0.3 is 0 Å². The predicted molar refractivity (Wildman–Crippen MR) is 72.7 cm³/mol. The number of aliphatic hydroxyl groups is 1. The van der Waals surface area contributed by atoms with Crippen molar-refractivity contribution < 1.29 is 18.3 Å². The van der Waals surface area contributed by atoms with E-state index >= 15 is 0 Å². The molecule has 20 heavy (non-hydrogen) atoms. The molecular weight excluding hydrogens is 280 g/mol. The van der Waals surface area contributed by atoms with Crippen LogP contribution in [-0.2, 0) is 21.2 Å². The number of anilines is 1. The zero-order valence-electron chi connectivity index (χ0n) is 10.8. The highest BCUT2D eigenvalue weighted by Crippen LogP contribution is 2.32. The van der Waals surface area contributed by atoms with Crippen molar-refractivity contribution in [1.29, 1.82) is 0 Å². The molecule has 1 aliphatic carbocycles. The second kappa shape index (κ2) is 4.83. The first-order chi connectivity index (χ1) is 9.45. The molecule has 1 saturated carbocycles. The molecule has 1 aromatic carbocycles. The first kappa shape index (κ1) is 13.5. The van der Waals surface area contributed by atoms with Crippen molar-refractivity contribution in [2.24, 2.45) is 5.92 Å². The molecule has 3 N–H and O–H groups in total. The van der Waals surface area contributed by atoms with E-state index in [4.69, 9.17) is 0 Å². The maximum Gasteiger partial charge on any atom is 0.240 e. The fourth-order valence-electron chi connectivity index (χ4n) is 2.30. The van der Waals surface area contributed by atoms with E-state index < -0.39 is 16.1 Å². The van der Waals surface area contributed by atoms with Gasteiger partial charge in [-0.25, -0.2) is 13.1 Å². The van der Waals surface area contributed by atoms with E-state index in [1.54, 1.807) is 6.07 Å². The van der Waals surface area contributed by atoms with Gasteiger partial charge in [0.1, 0.15) is 0 Å². The van der Waals surface area contributed by atoms with Gasteiger partial charge < -0.3 is 10.4 Å². The Labute approximate surface area is 117 Å². The number of sulfonamides is 1. The maximum absolute atomic E-state index is 12.1. The Morgan fingerprint density at radius 1 is 1.40 bits per heavy atom. The van der Waals surface area contributed by atoms with Crippen LogP contribution >= 0.6 is 0 Å². The molecule has 3 rings (SSSR count). The molecule has 1 amide bonds. The van der Waals surface area contributed by atoms with Crippen LogP contribution in [0.3, 0.4) is 0 Å². The highest BCUT2D eigenvalue weighted by Gasteiger charge is 2.30. The molecule has 108 valence electrons. The molecule has 1 fully saturated rings. The predicted octanol–water partition coefficient (Wildman–Crippen LogP) is 0.230. The summed E-state index contributed by atoms with van der Waals surface area (Å²) in [5, 5.41) is 12.4. The van der Waals surface area contributed by atoms with Gasteiger partial charge in [0, 0.05) is 12.2 Å². The second-order valence-electron chi connectivity index (χ2n) is 5.30. The molecule has 1 aromatic rings. The Kier molecular flexibility index (Phi) is 3.27. The molecule has 7 heteroatoms. The molecular formula is C13H16N2O4S. The van der Waals surface area contributed by atoms with E-state index in [0.29, 0.717) is 11.3 Å². The Balaban J connectivity index is 1.74. The average Bonchev–Trinajstić information content (AvgIpc) is 3.17. The lowest BCUT2D eigenvalue weighted by atomic mass is 10.2. The van der Waals surface area contributed by atoms with Gasteiger partial charge in [-0.2, -0.15) is 0 Å². The summed E-state index contributed by atoms with van der Waals surface area (Å²) < 4.78 is 26.7. The number of hydrogen-bond donors (Lipinski definition) is 3. The van der Waals surface area contributed by atoms with Gasteiger partial charge in [-0.3, -0.25) is 4.79 Å². The first-order valence-corrected chi connectivity index (χ1v) is 8.04. The van der Waals surface area contributed by atoms with E-state index in [2.05, 4.69) is 10.0 Å². The molecule has 0 radical (unpaired) electrons. The fraction of sp³-hybridized carbons (Fsp3) is 0.462. The molecule has 1 aliphatic heterocycles. The van der Waals surface area contributed by atoms with Crippen molar-refractivity contribution in [2.45, 2.75) is 30.3 Å². The van der Waals surface area contributed by atoms with Crippen molar-refractivity contribution in [1.82, 2.24) is 4.72 Å². The van der Waals surface area contributed by atoms with Crippen LogP contribution in [0.5, 0.6) is 0 Å². The number of rotatable bonds is 5. The topological polar surface area (TPSA) is 95.5 Å². The zero-order chi connectivity index (χ0) is 14.3. The number of hydrogen-bond acceptors (Lipinski definition) is 4. The zero-order valence-corrected chi connectivity index (χ0v) is 11.6. The second-order valence-corrected chi connectivity index (χ2v) is 7.07. The lowest BCUT2D eigenvalue weighted by molar-refractivity contribution is -0.115. The Morgan fingerprint density at radius 2 is 2.15 bits per heavy atom. The van der Waals surface area contributed by atoms with E-state index in [1.807, 2.05) is 0 Å². The minimum atomic E-state index is -3.65. The standard InChI is InChI=1S/C13H16N2O4S/c16-12(8-1-2-8)7-14-20(18,19)10-3-4-11-9(5-10)6-13(17)15-11/h3-5,8,12,14,16H,1-2,6-7H2,(H,15,17). The molecule has 0 aromatic heterocycles. The smallest absolute Gasteiger partial charge is 0.240 e. The molecule has 0 saturated heterocycles. The van der Waals surface area contributed by atoms with Crippen LogP contribution in [0.25, 0.3) is 0 Å². The SMILES string of the molecule is O=C1Cc2cc(S(=O)(=O)NCC(O)C3CC3)ccc2N1. The molecule has 0 bridgehead atoms. The Hall–Kier alpha value is -1.44. The van der Waals surface area contributed by atoms with Crippen LogP contribution in [0.4, 0.5) is 5.69 Å². The highest BCUT2D eigenvalue weighted by atomic mass is 32.2. The highest BCUT2D eigenvalue weighted by molar-refractivity contribution is 7.89. The number of aliphatic hydroxyl groups excluding tert-OH is 1. The summed E-state index contributed by atoms with van der Waals surface area (Å²) in [5.41, 5.74) is 1.34. The van der Waals surface area contributed by atoms with E-state index in [9.17, 15) is 18.3 Å². The van der Waals surface area contributed by atoms with Crippen LogP contribution in [0, 0.1) is 5.92 Å². The van der Waals surface area contributed by atoms with Crippen LogP contribution in [0.2, 0.25) is 0 Å². The number of carbonyl (C=O) groups excluding carboxylic acids is 1. The van der Waals surface area contributed by atoms with E-state index in [0.717, 1.165) is 12.8 Å². The summed E-state index contributed by atoms with van der Waals surface area (Å²) in [4.78, 5) is 11.4. The van der Waals surface area contributed by atoms with Gasteiger partial charge in [-0.15, -0.1) is 0 Å². The van der Waals surface area contributed by atoms with Gasteiger partial charge in [0.2, 0.25) is 15.9 Å². The van der Waals surface area contributed by atoms with Gasteiger partial charge in [0.25, 0.3) is 0 Å². The number of amides is 1. The third kappa shape index (κ3) is 2.70. The number of nitrogens with one attached hydrogen (secondary N) is 2. The van der Waals surface area contributed by atoms with Crippen molar-refractivity contribution >= 4 is 21.6 Å². The Morgan fingerprint density at radius 3 is 2.85 bits per heavy atom. The summed E-state index contributed by atoms with van der Waals surface area (Å²) in [6.07, 6.45) is 1.48. The van der Waals surface area contributed by atoms with Gasteiger partial charge in [0.05, 0.1) is 17.4 Å². The molecule has 1 unspecified atom stereocenters. The van der Waals surface area contributed by atoms with Crippen molar-refractivity contribution in [3.63, 3.8) is 0 Å². The lowest BCUT2D eigenvalue weighted by Gasteiger charge is -2.11. The largest absolute Gasteiger partial charge is 0.391 e.